The molecule has 0 unspecified atom stereocenters. The van der Waals surface area contributed by atoms with E-state index in [0.717, 1.165) is 10.8 Å². The van der Waals surface area contributed by atoms with E-state index in [9.17, 15) is 14.0 Å². The lowest BCUT2D eigenvalue weighted by Gasteiger charge is -2.06. The zero-order valence-electron chi connectivity index (χ0n) is 9.18. The summed E-state index contributed by atoms with van der Waals surface area (Å²) in [5.74, 6) is 4.21. The molecule has 0 aromatic carbocycles. The molecule has 0 radical (unpaired) electrons. The van der Waals surface area contributed by atoms with Gasteiger partial charge >= 0.3 is 5.69 Å². The molecule has 0 saturated carbocycles. The van der Waals surface area contributed by atoms with Crippen LogP contribution in [0.3, 0.4) is 0 Å². The molecule has 0 saturated heterocycles. The zero-order chi connectivity index (χ0) is 13.1. The highest BCUT2D eigenvalue weighted by atomic mass is 19.1. The molecule has 7 nitrogen and oxygen atoms in total. The van der Waals surface area contributed by atoms with E-state index in [0.29, 0.717) is 11.4 Å². The van der Waals surface area contributed by atoms with Crippen LogP contribution in [0.2, 0.25) is 0 Å². The number of aromatic nitrogens is 3. The summed E-state index contributed by atoms with van der Waals surface area (Å²) in [7, 11) is 0. The number of hydrogen-bond donors (Lipinski definition) is 3. The van der Waals surface area contributed by atoms with Crippen molar-refractivity contribution in [3.8, 4) is 0 Å². The summed E-state index contributed by atoms with van der Waals surface area (Å²) in [6, 6.07) is 3.25. The van der Waals surface area contributed by atoms with Crippen molar-refractivity contribution in [1.82, 2.24) is 14.5 Å². The average Bonchev–Trinajstić information content (AvgIpc) is 2.36. The number of nitrogen functional groups attached to an aromatic ring is 1. The van der Waals surface area contributed by atoms with Gasteiger partial charge in [0.1, 0.15) is 0 Å². The Hall–Kier alpha value is -2.48. The van der Waals surface area contributed by atoms with Crippen molar-refractivity contribution in [3.05, 3.63) is 56.9 Å². The molecule has 0 atom stereocenters. The topological polar surface area (TPSA) is 106 Å². The van der Waals surface area contributed by atoms with E-state index in [4.69, 9.17) is 5.84 Å². The van der Waals surface area contributed by atoms with Gasteiger partial charge in [0, 0.05) is 6.20 Å². The number of nitrogens with one attached hydrogen (secondary N) is 2. The SMILES string of the molecule is NNc1ccnc(Cn2cc(F)c(=O)[nH]c2=O)c1. The summed E-state index contributed by atoms with van der Waals surface area (Å²) in [4.78, 5) is 28.2. The van der Waals surface area contributed by atoms with Gasteiger partial charge in [-0.05, 0) is 12.1 Å². The van der Waals surface area contributed by atoms with Crippen LogP contribution in [0.4, 0.5) is 10.1 Å². The van der Waals surface area contributed by atoms with Gasteiger partial charge in [-0.3, -0.25) is 25.2 Å². The number of aromatic amines is 1. The van der Waals surface area contributed by atoms with E-state index in [1.54, 1.807) is 12.1 Å². The molecule has 4 N–H and O–H groups in total. The van der Waals surface area contributed by atoms with Crippen LogP contribution in [0.1, 0.15) is 5.69 Å². The van der Waals surface area contributed by atoms with Gasteiger partial charge in [0.2, 0.25) is 5.82 Å². The third-order valence-corrected chi connectivity index (χ3v) is 2.28. The van der Waals surface area contributed by atoms with Crippen molar-refractivity contribution >= 4 is 5.69 Å². The van der Waals surface area contributed by atoms with Gasteiger partial charge in [-0.15, -0.1) is 0 Å². The molecule has 0 aliphatic rings. The molecule has 2 heterocycles. The molecule has 2 rings (SSSR count). The largest absolute Gasteiger partial charge is 0.328 e. The predicted octanol–water partition coefficient (Wildman–Crippen LogP) is -0.595. The van der Waals surface area contributed by atoms with Crippen molar-refractivity contribution in [3.63, 3.8) is 0 Å². The van der Waals surface area contributed by atoms with Crippen molar-refractivity contribution in [2.45, 2.75) is 6.54 Å². The standard InChI is InChI=1S/C10H10FN5O2/c11-8-5-16(10(18)14-9(8)17)4-7-3-6(15-12)1-2-13-7/h1-3,5H,4,12H2,(H,13,15)(H,14,17,18). The number of halogens is 1. The molecular weight excluding hydrogens is 241 g/mol. The minimum absolute atomic E-state index is 0.0298. The summed E-state index contributed by atoms with van der Waals surface area (Å²) in [5.41, 5.74) is 1.80. The first-order valence-corrected chi connectivity index (χ1v) is 5.01. The molecule has 0 spiro atoms. The van der Waals surface area contributed by atoms with Crippen molar-refractivity contribution in [1.29, 1.82) is 0 Å². The molecule has 0 aliphatic heterocycles. The Morgan fingerprint density at radius 2 is 2.28 bits per heavy atom. The quantitative estimate of drug-likeness (QED) is 0.499. The number of rotatable bonds is 3. The van der Waals surface area contributed by atoms with Gasteiger partial charge in [0.05, 0.1) is 24.1 Å². The minimum Gasteiger partial charge on any atom is -0.324 e. The normalized spacial score (nSPS) is 10.3. The van der Waals surface area contributed by atoms with E-state index in [2.05, 4.69) is 10.4 Å². The average molecular weight is 251 g/mol. The number of hydrogen-bond acceptors (Lipinski definition) is 5. The molecule has 0 amide bonds. The van der Waals surface area contributed by atoms with Gasteiger partial charge in [-0.1, -0.05) is 0 Å². The molecule has 0 bridgehead atoms. The van der Waals surface area contributed by atoms with Crippen LogP contribution in [0.25, 0.3) is 0 Å². The zero-order valence-corrected chi connectivity index (χ0v) is 9.18. The van der Waals surface area contributed by atoms with Gasteiger partial charge in [0.25, 0.3) is 5.56 Å². The fourth-order valence-electron chi connectivity index (χ4n) is 1.43. The first-order chi connectivity index (χ1) is 8.60. The monoisotopic (exact) mass is 251 g/mol. The van der Waals surface area contributed by atoms with Crippen molar-refractivity contribution < 1.29 is 4.39 Å². The van der Waals surface area contributed by atoms with E-state index >= 15 is 0 Å². The maximum absolute atomic E-state index is 13.1. The van der Waals surface area contributed by atoms with Crippen LogP contribution in [0.5, 0.6) is 0 Å². The van der Waals surface area contributed by atoms with E-state index < -0.39 is 17.1 Å². The molecule has 0 aliphatic carbocycles. The second kappa shape index (κ2) is 4.80. The third-order valence-electron chi connectivity index (χ3n) is 2.28. The highest BCUT2D eigenvalue weighted by Crippen LogP contribution is 2.06. The van der Waals surface area contributed by atoms with E-state index in [1.165, 1.54) is 6.20 Å². The summed E-state index contributed by atoms with van der Waals surface area (Å²) in [6.07, 6.45) is 2.34. The van der Waals surface area contributed by atoms with Gasteiger partial charge in [-0.25, -0.2) is 4.79 Å². The Morgan fingerprint density at radius 3 is 3.00 bits per heavy atom. The molecule has 0 fully saturated rings. The smallest absolute Gasteiger partial charge is 0.324 e. The number of pyridine rings is 1. The fourth-order valence-corrected chi connectivity index (χ4v) is 1.43. The summed E-state index contributed by atoms with van der Waals surface area (Å²) in [6.45, 7) is 0.0298. The molecule has 94 valence electrons. The van der Waals surface area contributed by atoms with Gasteiger partial charge in [-0.2, -0.15) is 4.39 Å². The van der Waals surface area contributed by atoms with Crippen molar-refractivity contribution in [2.24, 2.45) is 5.84 Å². The fraction of sp³-hybridized carbons (Fsp3) is 0.100. The number of nitrogens with two attached hydrogens (primary N) is 1. The molecular formula is C10H10FN5O2. The Balaban J connectivity index is 2.36. The number of nitrogens with zero attached hydrogens (tertiary/aromatic N) is 2. The van der Waals surface area contributed by atoms with E-state index in [1.807, 2.05) is 4.98 Å². The van der Waals surface area contributed by atoms with Crippen LogP contribution in [0, 0.1) is 5.82 Å². The van der Waals surface area contributed by atoms with Crippen LogP contribution in [0.15, 0.2) is 34.1 Å². The lowest BCUT2D eigenvalue weighted by Crippen LogP contribution is -2.31. The maximum Gasteiger partial charge on any atom is 0.328 e. The number of H-pyrrole nitrogens is 1. The molecule has 2 aromatic heterocycles. The Bertz CT molecular complexity index is 678. The highest BCUT2D eigenvalue weighted by molar-refractivity contribution is 5.41. The summed E-state index contributed by atoms with van der Waals surface area (Å²) in [5, 5.41) is 0. The minimum atomic E-state index is -1.04. The second-order valence-electron chi connectivity index (χ2n) is 3.54. The summed E-state index contributed by atoms with van der Waals surface area (Å²) >= 11 is 0. The first kappa shape index (κ1) is 12.0. The van der Waals surface area contributed by atoms with Gasteiger partial charge < -0.3 is 5.43 Å². The Kier molecular flexibility index (Phi) is 3.20. The van der Waals surface area contributed by atoms with Crippen LogP contribution in [-0.2, 0) is 6.54 Å². The highest BCUT2D eigenvalue weighted by Gasteiger charge is 2.05. The maximum atomic E-state index is 13.1. The molecule has 2 aromatic rings. The predicted molar refractivity (Wildman–Crippen MR) is 62.4 cm³/mol. The first-order valence-electron chi connectivity index (χ1n) is 5.01. The Morgan fingerprint density at radius 1 is 1.50 bits per heavy atom. The number of anilines is 1. The van der Waals surface area contributed by atoms with Crippen molar-refractivity contribution in [2.75, 3.05) is 5.43 Å². The second-order valence-corrected chi connectivity index (χ2v) is 3.54. The van der Waals surface area contributed by atoms with Crippen LogP contribution >= 0.6 is 0 Å². The van der Waals surface area contributed by atoms with Crippen LogP contribution in [-0.4, -0.2) is 14.5 Å². The lowest BCUT2D eigenvalue weighted by molar-refractivity contribution is 0.564. The summed E-state index contributed by atoms with van der Waals surface area (Å²) < 4.78 is 14.1. The van der Waals surface area contributed by atoms with Crippen LogP contribution < -0.4 is 22.5 Å². The van der Waals surface area contributed by atoms with Gasteiger partial charge in [0.15, 0.2) is 0 Å². The van der Waals surface area contributed by atoms with E-state index in [-0.39, 0.29) is 6.54 Å². The Labute approximate surface area is 100 Å². The lowest BCUT2D eigenvalue weighted by atomic mass is 10.3. The third kappa shape index (κ3) is 2.43. The molecule has 8 heteroatoms. The number of hydrazine groups is 1. The molecule has 18 heavy (non-hydrogen) atoms.